The predicted molar refractivity (Wildman–Crippen MR) is 95.5 cm³/mol. The Bertz CT molecular complexity index is 1000. The van der Waals surface area contributed by atoms with Gasteiger partial charge < -0.3 is 23.4 Å². The highest BCUT2D eigenvalue weighted by atomic mass is 16.5. The van der Waals surface area contributed by atoms with Crippen molar-refractivity contribution in [3.05, 3.63) is 54.3 Å². The van der Waals surface area contributed by atoms with E-state index in [9.17, 15) is 14.4 Å². The molecule has 0 unspecified atom stereocenters. The Morgan fingerprint density at radius 1 is 1.04 bits per heavy atom. The molecule has 1 aliphatic heterocycles. The third kappa shape index (κ3) is 3.59. The van der Waals surface area contributed by atoms with Gasteiger partial charge in [-0.3, -0.25) is 9.59 Å². The first-order valence-electron chi connectivity index (χ1n) is 8.73. The lowest BCUT2D eigenvalue weighted by Crippen LogP contribution is -2.51. The molecule has 4 rings (SSSR count). The fourth-order valence-corrected chi connectivity index (χ4v) is 3.00. The molecule has 1 aromatic carbocycles. The van der Waals surface area contributed by atoms with Gasteiger partial charge in [-0.25, -0.2) is 9.78 Å². The van der Waals surface area contributed by atoms with Crippen molar-refractivity contribution in [2.24, 2.45) is 0 Å². The lowest BCUT2D eigenvalue weighted by atomic mass is 10.2. The predicted octanol–water partition coefficient (Wildman–Crippen LogP) is 1.56. The molecular formula is C19H17N3O6. The molecular weight excluding hydrogens is 366 g/mol. The number of carbonyl (C=O) groups excluding carboxylic acids is 3. The van der Waals surface area contributed by atoms with Gasteiger partial charge >= 0.3 is 5.97 Å². The van der Waals surface area contributed by atoms with Crippen LogP contribution in [0.1, 0.15) is 20.9 Å². The number of fused-ring (bicyclic) bond motifs is 1. The summed E-state index contributed by atoms with van der Waals surface area (Å²) in [6.45, 7) is 1.16. The molecule has 1 saturated heterocycles. The Labute approximate surface area is 159 Å². The number of nitrogens with zero attached hydrogens (tertiary/aromatic N) is 3. The van der Waals surface area contributed by atoms with E-state index in [4.69, 9.17) is 13.6 Å². The highest BCUT2D eigenvalue weighted by Gasteiger charge is 2.26. The third-order valence-corrected chi connectivity index (χ3v) is 4.54. The topological polar surface area (TPSA) is 106 Å². The minimum atomic E-state index is -0.607. The van der Waals surface area contributed by atoms with Crippen LogP contribution in [0.5, 0.6) is 0 Å². The molecule has 0 saturated carbocycles. The molecule has 3 aromatic rings. The summed E-state index contributed by atoms with van der Waals surface area (Å²) >= 11 is 0. The largest absolute Gasteiger partial charge is 0.459 e. The molecule has 1 aliphatic rings. The standard InChI is InChI=1S/C19H17N3O6/c23-17(11-27-19(25)13-3-4-15-14(10-13)20-12-28-15)21-5-7-22(8-6-21)18(24)16-2-1-9-26-16/h1-4,9-10,12H,5-8,11H2. The minimum absolute atomic E-state index is 0.202. The van der Waals surface area contributed by atoms with Crippen LogP contribution < -0.4 is 0 Å². The molecule has 2 aromatic heterocycles. The van der Waals surface area contributed by atoms with Gasteiger partial charge in [-0.15, -0.1) is 0 Å². The zero-order chi connectivity index (χ0) is 19.5. The number of aromatic nitrogens is 1. The van der Waals surface area contributed by atoms with Crippen molar-refractivity contribution >= 4 is 28.9 Å². The zero-order valence-electron chi connectivity index (χ0n) is 14.9. The number of hydrogen-bond acceptors (Lipinski definition) is 7. The number of oxazole rings is 1. The number of amides is 2. The number of furan rings is 1. The minimum Gasteiger partial charge on any atom is -0.459 e. The van der Waals surface area contributed by atoms with Crippen LogP contribution in [0.15, 0.2) is 51.8 Å². The van der Waals surface area contributed by atoms with Gasteiger partial charge in [-0.2, -0.15) is 0 Å². The van der Waals surface area contributed by atoms with E-state index in [2.05, 4.69) is 4.98 Å². The van der Waals surface area contributed by atoms with E-state index in [0.29, 0.717) is 42.8 Å². The summed E-state index contributed by atoms with van der Waals surface area (Å²) < 4.78 is 15.4. The Hall–Kier alpha value is -3.62. The highest BCUT2D eigenvalue weighted by molar-refractivity contribution is 5.94. The fraction of sp³-hybridized carbons (Fsp3) is 0.263. The van der Waals surface area contributed by atoms with Crippen LogP contribution in [0, 0.1) is 0 Å². The first kappa shape index (κ1) is 17.8. The molecule has 3 heterocycles. The lowest BCUT2D eigenvalue weighted by molar-refractivity contribution is -0.136. The normalized spacial score (nSPS) is 14.3. The first-order valence-corrected chi connectivity index (χ1v) is 8.73. The van der Waals surface area contributed by atoms with Crippen LogP contribution >= 0.6 is 0 Å². The number of esters is 1. The number of rotatable bonds is 4. The summed E-state index contributed by atoms with van der Waals surface area (Å²) in [5, 5.41) is 0. The molecule has 0 atom stereocenters. The molecule has 9 nitrogen and oxygen atoms in total. The lowest BCUT2D eigenvalue weighted by Gasteiger charge is -2.34. The second kappa shape index (κ2) is 7.55. The molecule has 0 spiro atoms. The average Bonchev–Trinajstić information content (AvgIpc) is 3.42. The number of piperazine rings is 1. The van der Waals surface area contributed by atoms with E-state index in [1.807, 2.05) is 0 Å². The average molecular weight is 383 g/mol. The second-order valence-electron chi connectivity index (χ2n) is 6.26. The first-order chi connectivity index (χ1) is 13.6. The highest BCUT2D eigenvalue weighted by Crippen LogP contribution is 2.15. The van der Waals surface area contributed by atoms with Crippen LogP contribution in [-0.2, 0) is 9.53 Å². The monoisotopic (exact) mass is 383 g/mol. The Morgan fingerprint density at radius 3 is 2.57 bits per heavy atom. The molecule has 0 aliphatic carbocycles. The smallest absolute Gasteiger partial charge is 0.338 e. The maximum atomic E-state index is 12.3. The number of benzene rings is 1. The van der Waals surface area contributed by atoms with Crippen molar-refractivity contribution in [3.63, 3.8) is 0 Å². The summed E-state index contributed by atoms with van der Waals surface area (Å²) in [5.41, 5.74) is 1.40. The van der Waals surface area contributed by atoms with Crippen LogP contribution in [-0.4, -0.2) is 65.4 Å². The van der Waals surface area contributed by atoms with Crippen molar-refractivity contribution in [1.82, 2.24) is 14.8 Å². The molecule has 144 valence electrons. The van der Waals surface area contributed by atoms with E-state index in [1.54, 1.807) is 40.1 Å². The molecule has 1 fully saturated rings. The van der Waals surface area contributed by atoms with Gasteiger partial charge in [0, 0.05) is 26.2 Å². The maximum absolute atomic E-state index is 12.3. The molecule has 2 amide bonds. The number of ether oxygens (including phenoxy) is 1. The fourth-order valence-electron chi connectivity index (χ4n) is 3.00. The Kier molecular flexibility index (Phi) is 4.79. The number of carbonyl (C=O) groups is 3. The Balaban J connectivity index is 1.27. The van der Waals surface area contributed by atoms with Crippen LogP contribution in [0.4, 0.5) is 0 Å². The van der Waals surface area contributed by atoms with Crippen molar-refractivity contribution in [2.75, 3.05) is 32.8 Å². The Morgan fingerprint density at radius 2 is 1.82 bits per heavy atom. The van der Waals surface area contributed by atoms with Crippen molar-refractivity contribution in [2.45, 2.75) is 0 Å². The molecule has 0 N–H and O–H groups in total. The van der Waals surface area contributed by atoms with Gasteiger partial charge in [-0.05, 0) is 30.3 Å². The summed E-state index contributed by atoms with van der Waals surface area (Å²) in [5.74, 6) is -0.838. The summed E-state index contributed by atoms with van der Waals surface area (Å²) in [7, 11) is 0. The maximum Gasteiger partial charge on any atom is 0.338 e. The summed E-state index contributed by atoms with van der Waals surface area (Å²) in [4.78, 5) is 43.9. The molecule has 9 heteroatoms. The van der Waals surface area contributed by atoms with Gasteiger partial charge in [-0.1, -0.05) is 0 Å². The van der Waals surface area contributed by atoms with Gasteiger partial charge in [0.05, 0.1) is 11.8 Å². The summed E-state index contributed by atoms with van der Waals surface area (Å²) in [6, 6.07) is 7.98. The van der Waals surface area contributed by atoms with Crippen molar-refractivity contribution in [3.8, 4) is 0 Å². The molecule has 0 radical (unpaired) electrons. The van der Waals surface area contributed by atoms with Gasteiger partial charge in [0.15, 0.2) is 24.3 Å². The van der Waals surface area contributed by atoms with E-state index < -0.39 is 5.97 Å². The van der Waals surface area contributed by atoms with E-state index in [1.165, 1.54) is 12.7 Å². The molecule has 28 heavy (non-hydrogen) atoms. The van der Waals surface area contributed by atoms with Gasteiger partial charge in [0.1, 0.15) is 5.52 Å². The molecule has 0 bridgehead atoms. The number of hydrogen-bond donors (Lipinski definition) is 0. The van der Waals surface area contributed by atoms with E-state index >= 15 is 0 Å². The van der Waals surface area contributed by atoms with Crippen LogP contribution in [0.25, 0.3) is 11.1 Å². The SMILES string of the molecule is O=C(OCC(=O)N1CCN(C(=O)c2ccco2)CC1)c1ccc2ocnc2c1. The second-order valence-corrected chi connectivity index (χ2v) is 6.26. The van der Waals surface area contributed by atoms with Crippen LogP contribution in [0.3, 0.4) is 0 Å². The quantitative estimate of drug-likeness (QED) is 0.630. The third-order valence-electron chi connectivity index (χ3n) is 4.54. The van der Waals surface area contributed by atoms with Crippen molar-refractivity contribution in [1.29, 1.82) is 0 Å². The van der Waals surface area contributed by atoms with Crippen molar-refractivity contribution < 1.29 is 28.0 Å². The summed E-state index contributed by atoms with van der Waals surface area (Å²) in [6.07, 6.45) is 2.74. The zero-order valence-corrected chi connectivity index (χ0v) is 14.9. The van der Waals surface area contributed by atoms with Crippen LogP contribution in [0.2, 0.25) is 0 Å². The van der Waals surface area contributed by atoms with E-state index in [-0.39, 0.29) is 24.2 Å². The van der Waals surface area contributed by atoms with Gasteiger partial charge in [0.2, 0.25) is 0 Å². The van der Waals surface area contributed by atoms with Gasteiger partial charge in [0.25, 0.3) is 11.8 Å². The van der Waals surface area contributed by atoms with E-state index in [0.717, 1.165) is 0 Å².